The number of nitrogens with zero attached hydrogens (tertiary/aromatic N) is 2. The van der Waals surface area contributed by atoms with Gasteiger partial charge >= 0.3 is 5.97 Å². The minimum Gasteiger partial charge on any atom is -0.469 e. The van der Waals surface area contributed by atoms with Crippen LogP contribution in [-0.4, -0.2) is 33.0 Å². The molecule has 3 aromatic heterocycles. The van der Waals surface area contributed by atoms with Gasteiger partial charge in [-0.2, -0.15) is 0 Å². The number of allylic oxidation sites excluding steroid dienone is 2. The number of esters is 1. The highest BCUT2D eigenvalue weighted by atomic mass is 16.5. The van der Waals surface area contributed by atoms with E-state index in [4.69, 9.17) is 14.7 Å². The third kappa shape index (κ3) is 4.26. The first-order valence-corrected chi connectivity index (χ1v) is 13.4. The van der Waals surface area contributed by atoms with E-state index in [0.29, 0.717) is 12.8 Å². The van der Waals surface area contributed by atoms with Crippen LogP contribution in [0.3, 0.4) is 0 Å². The summed E-state index contributed by atoms with van der Waals surface area (Å²) >= 11 is 0. The molecule has 6 heteroatoms. The molecule has 6 nitrogen and oxygen atoms in total. The summed E-state index contributed by atoms with van der Waals surface area (Å²) in [5.74, 6) is -0.206. The molecule has 2 aliphatic heterocycles. The van der Waals surface area contributed by atoms with Gasteiger partial charge in [0, 0.05) is 51.7 Å². The quantitative estimate of drug-likeness (QED) is 0.367. The van der Waals surface area contributed by atoms with E-state index >= 15 is 0 Å². The lowest BCUT2D eigenvalue weighted by molar-refractivity contribution is -0.140. The van der Waals surface area contributed by atoms with E-state index in [-0.39, 0.29) is 11.4 Å². The van der Waals surface area contributed by atoms with Crippen LogP contribution in [0.25, 0.3) is 33.2 Å². The Morgan fingerprint density at radius 2 is 1.47 bits per heavy atom. The van der Waals surface area contributed by atoms with Gasteiger partial charge in [-0.1, -0.05) is 13.8 Å². The van der Waals surface area contributed by atoms with Gasteiger partial charge in [0.15, 0.2) is 0 Å². The average Bonchev–Trinajstić information content (AvgIpc) is 3.52. The second kappa shape index (κ2) is 9.26. The number of methoxy groups -OCH3 is 1. The lowest BCUT2D eigenvalue weighted by Crippen LogP contribution is -2.15. The van der Waals surface area contributed by atoms with Gasteiger partial charge in [-0.25, -0.2) is 4.98 Å². The lowest BCUT2D eigenvalue weighted by Gasteiger charge is -2.16. The Bertz CT molecular complexity index is 1680. The second-order valence-corrected chi connectivity index (χ2v) is 11.5. The number of hydrogen-bond donors (Lipinski definition) is 2. The Morgan fingerprint density at radius 1 is 0.842 bits per heavy atom. The summed E-state index contributed by atoms with van der Waals surface area (Å²) < 4.78 is 4.94. The smallest absolute Gasteiger partial charge is 0.305 e. The summed E-state index contributed by atoms with van der Waals surface area (Å²) in [6.07, 6.45) is 1.80. The summed E-state index contributed by atoms with van der Waals surface area (Å²) in [7, 11) is 1.44. The van der Waals surface area contributed by atoms with Crippen molar-refractivity contribution in [3.63, 3.8) is 0 Å². The predicted octanol–water partition coefficient (Wildman–Crippen LogP) is 7.12. The van der Waals surface area contributed by atoms with E-state index in [1.165, 1.54) is 29.4 Å². The van der Waals surface area contributed by atoms with Crippen LogP contribution in [0.4, 0.5) is 0 Å². The van der Waals surface area contributed by atoms with Gasteiger partial charge in [0.1, 0.15) is 0 Å². The molecule has 38 heavy (non-hydrogen) atoms. The van der Waals surface area contributed by atoms with Crippen molar-refractivity contribution in [2.24, 2.45) is 0 Å². The Balaban J connectivity index is 1.92. The molecule has 0 atom stereocenters. The monoisotopic (exact) mass is 510 g/mol. The molecule has 0 amide bonds. The molecule has 3 aromatic rings. The van der Waals surface area contributed by atoms with E-state index < -0.39 is 0 Å². The topological polar surface area (TPSA) is 83.7 Å². The van der Waals surface area contributed by atoms with Crippen LogP contribution in [0.2, 0.25) is 0 Å². The van der Waals surface area contributed by atoms with E-state index in [9.17, 15) is 4.79 Å². The number of nitrogens with one attached hydrogen (secondary N) is 2. The van der Waals surface area contributed by atoms with Gasteiger partial charge < -0.3 is 14.7 Å². The molecule has 2 N–H and O–H groups in total. The Kier molecular flexibility index (Phi) is 6.33. The maximum absolute atomic E-state index is 12.0. The van der Waals surface area contributed by atoms with Crippen molar-refractivity contribution in [2.45, 2.75) is 80.1 Å². The van der Waals surface area contributed by atoms with Crippen LogP contribution in [0.5, 0.6) is 0 Å². The molecule has 2 aliphatic rings. The number of fused-ring (bicyclic) bond motifs is 8. The van der Waals surface area contributed by atoms with Gasteiger partial charge in [0.25, 0.3) is 0 Å². The van der Waals surface area contributed by atoms with Crippen molar-refractivity contribution in [3.05, 3.63) is 68.8 Å². The van der Waals surface area contributed by atoms with E-state index in [2.05, 4.69) is 83.6 Å². The van der Waals surface area contributed by atoms with Crippen LogP contribution in [0.1, 0.15) is 84.7 Å². The first-order valence-electron chi connectivity index (χ1n) is 13.4. The van der Waals surface area contributed by atoms with E-state index in [1.54, 1.807) is 0 Å². The lowest BCUT2D eigenvalue weighted by atomic mass is 9.86. The summed E-state index contributed by atoms with van der Waals surface area (Å²) in [6, 6.07) is 6.52. The molecule has 0 saturated heterocycles. The maximum atomic E-state index is 12.0. The van der Waals surface area contributed by atoms with Crippen molar-refractivity contribution < 1.29 is 9.53 Å². The molecule has 5 rings (SSSR count). The zero-order valence-electron chi connectivity index (χ0n) is 24.1. The van der Waals surface area contributed by atoms with Gasteiger partial charge in [-0.15, -0.1) is 0 Å². The fourth-order valence-electron chi connectivity index (χ4n) is 5.63. The number of ether oxygens (including phenoxy) is 1. The number of aryl methyl sites for hydroxylation is 4. The molecule has 0 saturated carbocycles. The van der Waals surface area contributed by atoms with E-state index in [1.807, 2.05) is 0 Å². The first-order chi connectivity index (χ1) is 17.9. The summed E-state index contributed by atoms with van der Waals surface area (Å²) in [6.45, 7) is 17.4. The van der Waals surface area contributed by atoms with E-state index in [0.717, 1.165) is 68.0 Å². The zero-order chi connectivity index (χ0) is 27.5. The van der Waals surface area contributed by atoms with Crippen LogP contribution in [0.15, 0.2) is 18.2 Å². The highest BCUT2D eigenvalue weighted by molar-refractivity contribution is 5.92. The molecule has 0 radical (unpaired) electrons. The van der Waals surface area contributed by atoms with Crippen LogP contribution in [-0.2, 0) is 27.8 Å². The summed E-state index contributed by atoms with van der Waals surface area (Å²) in [5.41, 5.74) is 16.4. The van der Waals surface area contributed by atoms with Crippen molar-refractivity contribution >= 4 is 39.2 Å². The Labute approximate surface area is 224 Å². The highest BCUT2D eigenvalue weighted by Crippen LogP contribution is 2.37. The number of aromatic nitrogens is 4. The molecule has 0 spiro atoms. The molecule has 0 unspecified atom stereocenters. The highest BCUT2D eigenvalue weighted by Gasteiger charge is 2.31. The Morgan fingerprint density at radius 3 is 2.16 bits per heavy atom. The standard InChI is InChI=1S/C32H38N4O2/c1-16-17(2)24-13-27-22(10-11-30(37)38-9)20(5)26(34-27)14-29-32(7,8)15-28(35-29)21(6)31-19(4)18(3)25(36-31)12-23(16)33-24/h12-14,33-34H,10-11,15H2,1-9H3. The first kappa shape index (κ1) is 26.0. The van der Waals surface area contributed by atoms with Gasteiger partial charge in [0.05, 0.1) is 18.5 Å². The zero-order valence-corrected chi connectivity index (χ0v) is 24.1. The minimum absolute atomic E-state index is 0.107. The number of H-pyrrole nitrogens is 2. The Hall–Kier alpha value is -3.67. The SMILES string of the molecule is COC(=O)CCc1c(C)c2cc3nc(c(C)c4nc(cc5[nH]c(cc1[nH]2)c(C)c5C)C(C)=C4C)CC3(C)C. The van der Waals surface area contributed by atoms with Gasteiger partial charge in [0.2, 0.25) is 0 Å². The predicted molar refractivity (Wildman–Crippen MR) is 155 cm³/mol. The van der Waals surface area contributed by atoms with Gasteiger partial charge in [-0.05, 0) is 105 Å². The van der Waals surface area contributed by atoms with Crippen molar-refractivity contribution in [2.75, 3.05) is 7.11 Å². The van der Waals surface area contributed by atoms with Crippen molar-refractivity contribution in [1.29, 1.82) is 0 Å². The molecule has 0 aliphatic carbocycles. The van der Waals surface area contributed by atoms with Crippen LogP contribution >= 0.6 is 0 Å². The second-order valence-electron chi connectivity index (χ2n) is 11.5. The van der Waals surface area contributed by atoms with Crippen LogP contribution in [0, 0.1) is 27.7 Å². The third-order valence-corrected chi connectivity index (χ3v) is 8.63. The molecule has 198 valence electrons. The molecule has 5 heterocycles. The summed E-state index contributed by atoms with van der Waals surface area (Å²) in [5, 5.41) is 0. The number of carbonyl (C=O) groups excluding carboxylic acids is 1. The molecule has 8 bridgehead atoms. The average molecular weight is 511 g/mol. The fourth-order valence-corrected chi connectivity index (χ4v) is 5.63. The number of aromatic amines is 2. The fraction of sp³-hybridized carbons (Fsp3) is 0.406. The molecular weight excluding hydrogens is 472 g/mol. The van der Waals surface area contributed by atoms with Crippen molar-refractivity contribution in [1.82, 2.24) is 19.9 Å². The summed E-state index contributed by atoms with van der Waals surface area (Å²) in [4.78, 5) is 29.6. The van der Waals surface area contributed by atoms with Crippen LogP contribution < -0.4 is 0 Å². The molecule has 0 fully saturated rings. The number of carbonyl (C=O) groups is 1. The number of hydrogen-bond acceptors (Lipinski definition) is 4. The molecule has 0 aromatic carbocycles. The third-order valence-electron chi connectivity index (χ3n) is 8.63. The molecular formula is C32H38N4O2. The number of rotatable bonds is 3. The largest absolute Gasteiger partial charge is 0.469 e. The van der Waals surface area contributed by atoms with Crippen molar-refractivity contribution in [3.8, 4) is 0 Å². The normalized spacial score (nSPS) is 14.8. The maximum Gasteiger partial charge on any atom is 0.305 e. The minimum atomic E-state index is -0.206. The van der Waals surface area contributed by atoms with Gasteiger partial charge in [-0.3, -0.25) is 9.78 Å².